The van der Waals surface area contributed by atoms with Gasteiger partial charge in [-0.25, -0.2) is 4.39 Å². The Bertz CT molecular complexity index is 337. The smallest absolute Gasteiger partial charge is 0.379 e. The highest BCUT2D eigenvalue weighted by Crippen LogP contribution is 2.34. The van der Waals surface area contributed by atoms with Gasteiger partial charge >= 0.3 is 6.18 Å². The van der Waals surface area contributed by atoms with Crippen LogP contribution in [0.4, 0.5) is 17.6 Å². The van der Waals surface area contributed by atoms with Gasteiger partial charge in [-0.1, -0.05) is 15.9 Å². The second-order valence-corrected chi connectivity index (χ2v) is 3.53. The molecule has 0 saturated carbocycles. The fourth-order valence-corrected chi connectivity index (χ4v) is 1.28. The fraction of sp³-hybridized carbons (Fsp3) is 0.250. The summed E-state index contributed by atoms with van der Waals surface area (Å²) >= 11 is 2.89. The Kier molecular flexibility index (Phi) is 3.16. The summed E-state index contributed by atoms with van der Waals surface area (Å²) in [5, 5.41) is 8.78. The summed E-state index contributed by atoms with van der Waals surface area (Å²) < 4.78 is 49.2. The predicted molar refractivity (Wildman–Crippen MR) is 45.1 cm³/mol. The molecule has 1 N–H and O–H groups in total. The van der Waals surface area contributed by atoms with Crippen LogP contribution in [0.15, 0.2) is 22.7 Å². The topological polar surface area (TPSA) is 20.2 Å². The van der Waals surface area contributed by atoms with Crippen molar-refractivity contribution in [1.29, 1.82) is 0 Å². The molecule has 0 heterocycles. The highest BCUT2D eigenvalue weighted by molar-refractivity contribution is 9.10. The van der Waals surface area contributed by atoms with Crippen LogP contribution in [0.3, 0.4) is 0 Å². The third-order valence-corrected chi connectivity index (χ3v) is 2.06. The van der Waals surface area contributed by atoms with Crippen molar-refractivity contribution in [2.45, 2.75) is 12.3 Å². The molecule has 0 unspecified atom stereocenters. The summed E-state index contributed by atoms with van der Waals surface area (Å²) in [6, 6.07) is 3.00. The molecule has 0 aliphatic heterocycles. The number of aliphatic hydroxyl groups is 1. The molecule has 0 bridgehead atoms. The van der Waals surface area contributed by atoms with Gasteiger partial charge in [-0.15, -0.1) is 0 Å². The Morgan fingerprint density at radius 1 is 1.29 bits per heavy atom. The van der Waals surface area contributed by atoms with Crippen LogP contribution in [-0.2, 0) is 0 Å². The van der Waals surface area contributed by atoms with E-state index in [4.69, 9.17) is 5.11 Å². The molecule has 1 aromatic rings. The first kappa shape index (κ1) is 11.5. The highest BCUT2D eigenvalue weighted by Gasteiger charge is 2.40. The maximum Gasteiger partial charge on any atom is 0.418 e. The van der Waals surface area contributed by atoms with Gasteiger partial charge in [-0.3, -0.25) is 0 Å². The molecule has 0 aliphatic rings. The molecule has 1 nitrogen and oxygen atoms in total. The molecule has 0 fully saturated rings. The highest BCUT2D eigenvalue weighted by atomic mass is 79.9. The number of alkyl halides is 3. The van der Waals surface area contributed by atoms with Gasteiger partial charge in [0.2, 0.25) is 0 Å². The van der Waals surface area contributed by atoms with Gasteiger partial charge in [0.25, 0.3) is 0 Å². The Hall–Kier alpha value is -0.620. The number of hydrogen-bond donors (Lipinski definition) is 1. The van der Waals surface area contributed by atoms with Gasteiger partial charge in [-0.05, 0) is 18.2 Å². The second kappa shape index (κ2) is 3.86. The maximum absolute atomic E-state index is 12.9. The zero-order chi connectivity index (χ0) is 10.9. The number of halogens is 5. The third kappa shape index (κ3) is 2.45. The normalized spacial score (nSPS) is 14.1. The largest absolute Gasteiger partial charge is 0.418 e. The minimum atomic E-state index is -4.86. The average molecular weight is 273 g/mol. The van der Waals surface area contributed by atoms with Crippen LogP contribution in [0.25, 0.3) is 0 Å². The zero-order valence-corrected chi connectivity index (χ0v) is 8.23. The van der Waals surface area contributed by atoms with Gasteiger partial charge in [-0.2, -0.15) is 13.2 Å². The molecule has 1 aromatic carbocycles. The number of benzene rings is 1. The van der Waals surface area contributed by atoms with Gasteiger partial charge < -0.3 is 5.11 Å². The van der Waals surface area contributed by atoms with Crippen molar-refractivity contribution < 1.29 is 22.7 Å². The van der Waals surface area contributed by atoms with Crippen molar-refractivity contribution >= 4 is 15.9 Å². The van der Waals surface area contributed by atoms with Gasteiger partial charge in [0, 0.05) is 10.0 Å². The Balaban J connectivity index is 3.12. The van der Waals surface area contributed by atoms with Gasteiger partial charge in [0.15, 0.2) is 6.10 Å². The summed E-state index contributed by atoms with van der Waals surface area (Å²) in [4.78, 5) is 0. The van der Waals surface area contributed by atoms with Crippen molar-refractivity contribution in [3.63, 3.8) is 0 Å². The van der Waals surface area contributed by atoms with Crippen LogP contribution in [0.2, 0.25) is 0 Å². The molecule has 0 spiro atoms. The van der Waals surface area contributed by atoms with E-state index in [-0.39, 0.29) is 4.47 Å². The predicted octanol–water partition coefficient (Wildman–Crippen LogP) is 3.18. The van der Waals surface area contributed by atoms with Crippen LogP contribution in [-0.4, -0.2) is 11.3 Å². The first-order valence-corrected chi connectivity index (χ1v) is 4.31. The van der Waals surface area contributed by atoms with Crippen molar-refractivity contribution in [2.24, 2.45) is 0 Å². The molecule has 0 saturated heterocycles. The first-order valence-electron chi connectivity index (χ1n) is 3.52. The quantitative estimate of drug-likeness (QED) is 0.779. The van der Waals surface area contributed by atoms with Crippen LogP contribution >= 0.6 is 15.9 Å². The van der Waals surface area contributed by atoms with Crippen molar-refractivity contribution in [2.75, 3.05) is 0 Å². The molecule has 1 atom stereocenters. The maximum atomic E-state index is 12.9. The van der Waals surface area contributed by atoms with E-state index in [0.29, 0.717) is 0 Å². The SMILES string of the molecule is O[C@H](c1cc(Br)ccc1F)C(F)(F)F. The molecule has 0 radical (unpaired) electrons. The van der Waals surface area contributed by atoms with E-state index in [2.05, 4.69) is 15.9 Å². The molecule has 1 rings (SSSR count). The Morgan fingerprint density at radius 3 is 2.36 bits per heavy atom. The molecule has 0 amide bonds. The fourth-order valence-electron chi connectivity index (χ4n) is 0.900. The summed E-state index contributed by atoms with van der Waals surface area (Å²) in [7, 11) is 0. The summed E-state index contributed by atoms with van der Waals surface area (Å²) in [6.07, 6.45) is -7.65. The lowest BCUT2D eigenvalue weighted by Crippen LogP contribution is -2.21. The van der Waals surface area contributed by atoms with E-state index >= 15 is 0 Å². The lowest BCUT2D eigenvalue weighted by molar-refractivity contribution is -0.207. The minimum Gasteiger partial charge on any atom is -0.379 e. The number of hydrogen-bond acceptors (Lipinski definition) is 1. The Labute approximate surface area is 85.5 Å². The van der Waals surface area contributed by atoms with Crippen molar-refractivity contribution in [1.82, 2.24) is 0 Å². The van der Waals surface area contributed by atoms with Crippen molar-refractivity contribution in [3.8, 4) is 0 Å². The molecule has 6 heteroatoms. The lowest BCUT2D eigenvalue weighted by atomic mass is 10.1. The standard InChI is InChI=1S/C8H5BrF4O/c9-4-1-2-6(10)5(3-4)7(14)8(11,12)13/h1-3,7,14H/t7-/m1/s1. The molecule has 14 heavy (non-hydrogen) atoms. The third-order valence-electron chi connectivity index (χ3n) is 1.56. The van der Waals surface area contributed by atoms with Crippen LogP contribution in [0, 0.1) is 5.82 Å². The van der Waals surface area contributed by atoms with Crippen molar-refractivity contribution in [3.05, 3.63) is 34.1 Å². The van der Waals surface area contributed by atoms with Gasteiger partial charge in [0.1, 0.15) is 5.82 Å². The molecular formula is C8H5BrF4O. The molecule has 0 aliphatic carbocycles. The van der Waals surface area contributed by atoms with Gasteiger partial charge in [0.05, 0.1) is 0 Å². The lowest BCUT2D eigenvalue weighted by Gasteiger charge is -2.15. The monoisotopic (exact) mass is 272 g/mol. The minimum absolute atomic E-state index is 0.275. The number of aliphatic hydroxyl groups excluding tert-OH is 1. The Morgan fingerprint density at radius 2 is 1.86 bits per heavy atom. The van der Waals surface area contributed by atoms with Crippen LogP contribution in [0.1, 0.15) is 11.7 Å². The molecule has 0 aromatic heterocycles. The van der Waals surface area contributed by atoms with E-state index in [1.165, 1.54) is 6.07 Å². The van der Waals surface area contributed by atoms with E-state index in [1.54, 1.807) is 0 Å². The zero-order valence-electron chi connectivity index (χ0n) is 6.65. The van der Waals surface area contributed by atoms with E-state index in [1.807, 2.05) is 0 Å². The molecular weight excluding hydrogens is 268 g/mol. The van der Waals surface area contributed by atoms with E-state index in [9.17, 15) is 17.6 Å². The number of rotatable bonds is 1. The van der Waals surface area contributed by atoms with E-state index in [0.717, 1.165) is 12.1 Å². The summed E-state index contributed by atoms with van der Waals surface area (Å²) in [5.74, 6) is -1.09. The second-order valence-electron chi connectivity index (χ2n) is 2.61. The molecule has 78 valence electrons. The average Bonchev–Trinajstić information content (AvgIpc) is 2.06. The summed E-state index contributed by atoms with van der Waals surface area (Å²) in [6.45, 7) is 0. The van der Waals surface area contributed by atoms with Crippen LogP contribution in [0.5, 0.6) is 0 Å². The first-order chi connectivity index (χ1) is 6.32. The van der Waals surface area contributed by atoms with Crippen LogP contribution < -0.4 is 0 Å². The van der Waals surface area contributed by atoms with E-state index < -0.39 is 23.7 Å². The summed E-state index contributed by atoms with van der Waals surface area (Å²) in [5.41, 5.74) is -0.785.